The number of aromatic nitrogens is 3. The molecule has 4 heterocycles. The summed E-state index contributed by atoms with van der Waals surface area (Å²) in [5.74, 6) is 0.633. The Kier molecular flexibility index (Phi) is 10.4. The fourth-order valence-electron chi connectivity index (χ4n) is 6.70. The van der Waals surface area contributed by atoms with Crippen LogP contribution in [0.15, 0.2) is 30.3 Å². The number of piperidine rings is 1. The average molecular weight is 669 g/mol. The second kappa shape index (κ2) is 13.8. The van der Waals surface area contributed by atoms with Crippen LogP contribution in [0.1, 0.15) is 64.6 Å². The molecule has 1 amide bonds. The largest absolute Gasteiger partial charge is 0.467 e. The van der Waals surface area contributed by atoms with E-state index in [4.69, 9.17) is 28.8 Å². The number of para-hydroxylation sites is 1. The number of fused-ring (bicyclic) bond motifs is 3. The summed E-state index contributed by atoms with van der Waals surface area (Å²) in [7, 11) is 0.264. The van der Waals surface area contributed by atoms with Crippen molar-refractivity contribution in [2.45, 2.75) is 109 Å². The summed E-state index contributed by atoms with van der Waals surface area (Å²) >= 11 is 0. The Bertz CT molecular complexity index is 1540. The summed E-state index contributed by atoms with van der Waals surface area (Å²) in [4.78, 5) is 15.3. The average Bonchev–Trinajstić information content (AvgIpc) is 3.30. The van der Waals surface area contributed by atoms with E-state index in [2.05, 4.69) is 29.3 Å². The van der Waals surface area contributed by atoms with Crippen LogP contribution in [-0.4, -0.2) is 90.3 Å². The molecule has 1 aromatic carbocycles. The molecule has 3 aromatic rings. The number of nitrogens with zero attached hydrogens (tertiary/aromatic N) is 4. The van der Waals surface area contributed by atoms with E-state index in [1.165, 1.54) is 0 Å². The Morgan fingerprint density at radius 3 is 2.36 bits per heavy atom. The number of morpholine rings is 1. The zero-order valence-corrected chi connectivity index (χ0v) is 30.5. The van der Waals surface area contributed by atoms with Crippen LogP contribution in [0.2, 0.25) is 25.7 Å². The number of carbonyl (C=O) groups excluding carboxylic acids is 1. The minimum absolute atomic E-state index is 0.00424. The predicted octanol–water partition coefficient (Wildman–Crippen LogP) is 6.50. The van der Waals surface area contributed by atoms with Crippen molar-refractivity contribution in [2.75, 3.05) is 33.7 Å². The van der Waals surface area contributed by atoms with E-state index in [0.717, 1.165) is 28.3 Å². The third-order valence-corrected chi connectivity index (χ3v) is 10.4. The lowest BCUT2D eigenvalue weighted by Crippen LogP contribution is -2.59. The third kappa shape index (κ3) is 8.17. The van der Waals surface area contributed by atoms with Crippen LogP contribution in [0.4, 0.5) is 4.79 Å². The minimum atomic E-state index is -1.32. The number of rotatable bonds is 11. The lowest BCUT2D eigenvalue weighted by atomic mass is 9.79. The van der Waals surface area contributed by atoms with Gasteiger partial charge in [-0.25, -0.2) is 4.79 Å². The second-order valence-electron chi connectivity index (χ2n) is 15.5. The molecule has 5 rings (SSSR count). The number of aliphatic hydroxyl groups is 1. The van der Waals surface area contributed by atoms with Gasteiger partial charge in [0.05, 0.1) is 36.6 Å². The Morgan fingerprint density at radius 1 is 1.06 bits per heavy atom. The fourth-order valence-corrected chi connectivity index (χ4v) is 7.45. The van der Waals surface area contributed by atoms with Crippen LogP contribution >= 0.6 is 0 Å². The lowest BCUT2D eigenvalue weighted by Gasteiger charge is -2.48. The van der Waals surface area contributed by atoms with Crippen molar-refractivity contribution in [1.82, 2.24) is 19.7 Å². The maximum Gasteiger partial charge on any atom is 0.410 e. The summed E-state index contributed by atoms with van der Waals surface area (Å²) in [5.41, 5.74) is 2.01. The zero-order valence-electron chi connectivity index (χ0n) is 29.5. The van der Waals surface area contributed by atoms with Crippen molar-refractivity contribution < 1.29 is 33.6 Å². The highest BCUT2D eigenvalue weighted by molar-refractivity contribution is 6.76. The fraction of sp³-hybridized carbons (Fsp3) is 0.629. The van der Waals surface area contributed by atoms with Gasteiger partial charge in [0.1, 0.15) is 18.1 Å². The van der Waals surface area contributed by atoms with E-state index in [9.17, 15) is 9.90 Å². The van der Waals surface area contributed by atoms with Gasteiger partial charge in [0, 0.05) is 49.9 Å². The molecule has 0 aliphatic carbocycles. The lowest BCUT2D eigenvalue weighted by molar-refractivity contribution is -0.0834. The summed E-state index contributed by atoms with van der Waals surface area (Å²) in [6.07, 6.45) is 0.993. The van der Waals surface area contributed by atoms with Gasteiger partial charge in [-0.1, -0.05) is 31.8 Å². The van der Waals surface area contributed by atoms with E-state index < -0.39 is 19.3 Å². The van der Waals surface area contributed by atoms with Crippen molar-refractivity contribution in [3.8, 4) is 17.0 Å². The van der Waals surface area contributed by atoms with Crippen LogP contribution in [0.5, 0.6) is 5.75 Å². The van der Waals surface area contributed by atoms with Crippen molar-refractivity contribution >= 4 is 25.2 Å². The van der Waals surface area contributed by atoms with E-state index in [1.807, 2.05) is 69.9 Å². The maximum atomic E-state index is 13.4. The monoisotopic (exact) mass is 668 g/mol. The van der Waals surface area contributed by atoms with Gasteiger partial charge in [0.15, 0.2) is 12.4 Å². The molecule has 258 valence electrons. The van der Waals surface area contributed by atoms with Crippen LogP contribution < -0.4 is 4.74 Å². The highest BCUT2D eigenvalue weighted by atomic mass is 28.3. The normalized spacial score (nSPS) is 20.5. The predicted molar refractivity (Wildman–Crippen MR) is 183 cm³/mol. The first kappa shape index (κ1) is 35.3. The maximum absolute atomic E-state index is 13.4. The van der Waals surface area contributed by atoms with Gasteiger partial charge in [-0.3, -0.25) is 4.90 Å². The number of amides is 1. The molecule has 0 radical (unpaired) electrons. The molecular formula is C35H52N4O7Si. The highest BCUT2D eigenvalue weighted by Gasteiger charge is 2.46. The molecule has 2 aliphatic rings. The summed E-state index contributed by atoms with van der Waals surface area (Å²) in [6.45, 7) is 18.2. The number of hydrogen-bond acceptors (Lipinski definition) is 9. The molecule has 2 bridgehead atoms. The molecule has 12 heteroatoms. The van der Waals surface area contributed by atoms with Crippen LogP contribution in [0.25, 0.3) is 22.3 Å². The topological polar surface area (TPSA) is 117 Å². The van der Waals surface area contributed by atoms with Crippen LogP contribution in [-0.2, 0) is 31.3 Å². The minimum Gasteiger partial charge on any atom is -0.467 e. The Labute approximate surface area is 279 Å². The molecule has 3 atom stereocenters. The van der Waals surface area contributed by atoms with Gasteiger partial charge in [0.25, 0.3) is 0 Å². The molecule has 2 aliphatic heterocycles. The number of ether oxygens (including phenoxy) is 5. The molecule has 1 unspecified atom stereocenters. The summed E-state index contributed by atoms with van der Waals surface area (Å²) < 4.78 is 31.2. The van der Waals surface area contributed by atoms with Crippen molar-refractivity contribution in [2.24, 2.45) is 0 Å². The molecule has 1 N–H and O–H groups in total. The summed E-state index contributed by atoms with van der Waals surface area (Å²) in [6, 6.07) is 10.3. The number of benzene rings is 1. The van der Waals surface area contributed by atoms with Gasteiger partial charge in [0.2, 0.25) is 0 Å². The number of methoxy groups -OCH3 is 1. The van der Waals surface area contributed by atoms with Crippen molar-refractivity contribution in [3.63, 3.8) is 0 Å². The van der Waals surface area contributed by atoms with Gasteiger partial charge < -0.3 is 33.4 Å². The van der Waals surface area contributed by atoms with E-state index in [1.54, 1.807) is 7.11 Å². The molecule has 0 saturated carbocycles. The van der Waals surface area contributed by atoms with Gasteiger partial charge >= 0.3 is 6.09 Å². The molecule has 47 heavy (non-hydrogen) atoms. The van der Waals surface area contributed by atoms with Crippen molar-refractivity contribution in [1.29, 1.82) is 0 Å². The number of hydrogen-bond donors (Lipinski definition) is 1. The van der Waals surface area contributed by atoms with Crippen molar-refractivity contribution in [3.05, 3.63) is 41.6 Å². The quantitative estimate of drug-likeness (QED) is 0.139. The van der Waals surface area contributed by atoms with Gasteiger partial charge in [-0.05, 0) is 71.7 Å². The van der Waals surface area contributed by atoms with Crippen LogP contribution in [0, 0.1) is 0 Å². The Morgan fingerprint density at radius 2 is 1.74 bits per heavy atom. The van der Waals surface area contributed by atoms with E-state index in [-0.39, 0.29) is 37.6 Å². The van der Waals surface area contributed by atoms with Gasteiger partial charge in [-0.15, -0.1) is 10.2 Å². The molecule has 2 aromatic heterocycles. The highest BCUT2D eigenvalue weighted by Crippen LogP contribution is 2.45. The molecule has 0 spiro atoms. The zero-order chi connectivity index (χ0) is 34.1. The Balaban J connectivity index is 1.61. The van der Waals surface area contributed by atoms with E-state index >= 15 is 0 Å². The summed E-state index contributed by atoms with van der Waals surface area (Å²) in [5, 5.41) is 22.1. The van der Waals surface area contributed by atoms with Crippen LogP contribution in [0.3, 0.4) is 0 Å². The molecular weight excluding hydrogens is 616 g/mol. The molecule has 2 saturated heterocycles. The molecule has 11 nitrogen and oxygen atoms in total. The van der Waals surface area contributed by atoms with E-state index in [0.29, 0.717) is 49.8 Å². The first-order chi connectivity index (χ1) is 22.1. The first-order valence-corrected chi connectivity index (χ1v) is 20.3. The second-order valence-corrected chi connectivity index (χ2v) is 21.1. The number of carbonyl (C=O) groups is 1. The first-order valence-electron chi connectivity index (χ1n) is 16.6. The standard InChI is InChI=1S/C35H52N4O7Si/c1-34(2,3)46-33(40)39-24-16-23(17-25(39)20-44-19-24)31-30(35(4,5)41)27-18-28(26-12-10-11-13-29(26)45-22-42-6)36-37-32(27)38(31)21-43-14-15-47(7,8)9/h10-13,18,23-25,41H,14-17,19-22H2,1-9H3/t23?,24-,25+. The smallest absolute Gasteiger partial charge is 0.410 e. The molecule has 2 fully saturated rings. The Hall–Kier alpha value is -3.03. The third-order valence-electron chi connectivity index (χ3n) is 8.68. The van der Waals surface area contributed by atoms with Gasteiger partial charge in [-0.2, -0.15) is 0 Å². The SMILES string of the molecule is COCOc1ccccc1-c1cc2c(C(C)(C)O)c(C3C[C@H]4COC[C@@H](C3)N4C(=O)OC(C)(C)C)n(COCC[Si](C)(C)C)c2nn1.